The number of anilines is 1. The molecule has 2 aliphatic rings. The summed E-state index contributed by atoms with van der Waals surface area (Å²) in [7, 11) is 1.35. The lowest BCUT2D eigenvalue weighted by Crippen LogP contribution is -2.31. The average molecular weight is 302 g/mol. The Bertz CT molecular complexity index is 606. The molecule has 1 saturated heterocycles. The van der Waals surface area contributed by atoms with Crippen LogP contribution < -0.4 is 10.6 Å². The molecule has 1 saturated carbocycles. The number of benzene rings is 1. The van der Waals surface area contributed by atoms with Crippen LogP contribution in [0.2, 0.25) is 0 Å². The number of rotatable bonds is 3. The molecule has 5 nitrogen and oxygen atoms in total. The second kappa shape index (κ2) is 5.72. The van der Waals surface area contributed by atoms with Crippen LogP contribution in [-0.2, 0) is 9.53 Å². The Hall–Kier alpha value is -1.88. The van der Waals surface area contributed by atoms with Crippen molar-refractivity contribution in [3.63, 3.8) is 0 Å². The van der Waals surface area contributed by atoms with Crippen molar-refractivity contribution in [1.29, 1.82) is 0 Å². The molecule has 0 radical (unpaired) electrons. The summed E-state index contributed by atoms with van der Waals surface area (Å²) in [5, 5.41) is 6.34. The zero-order valence-electron chi connectivity index (χ0n) is 13.1. The fraction of sp³-hybridized carbons (Fsp3) is 0.529. The van der Waals surface area contributed by atoms with Gasteiger partial charge in [0.25, 0.3) is 0 Å². The zero-order chi connectivity index (χ0) is 15.7. The maximum Gasteiger partial charge on any atom is 0.337 e. The van der Waals surface area contributed by atoms with E-state index in [4.69, 9.17) is 4.74 Å². The topological polar surface area (TPSA) is 67.4 Å². The molecule has 1 aliphatic heterocycles. The van der Waals surface area contributed by atoms with Gasteiger partial charge in [-0.2, -0.15) is 0 Å². The lowest BCUT2D eigenvalue weighted by atomic mass is 9.91. The third-order valence-electron chi connectivity index (χ3n) is 5.02. The molecular weight excluding hydrogens is 280 g/mol. The van der Waals surface area contributed by atoms with E-state index in [2.05, 4.69) is 10.6 Å². The molecule has 1 aromatic carbocycles. The smallest absolute Gasteiger partial charge is 0.337 e. The second-order valence-electron chi connectivity index (χ2n) is 6.38. The van der Waals surface area contributed by atoms with Crippen molar-refractivity contribution in [3.05, 3.63) is 29.3 Å². The first-order valence-corrected chi connectivity index (χ1v) is 7.76. The number of carbonyl (C=O) groups excluding carboxylic acids is 2. The van der Waals surface area contributed by atoms with Crippen molar-refractivity contribution < 1.29 is 14.3 Å². The highest BCUT2D eigenvalue weighted by atomic mass is 16.5. The highest BCUT2D eigenvalue weighted by Crippen LogP contribution is 2.58. The first-order valence-electron chi connectivity index (χ1n) is 7.76. The molecule has 0 bridgehead atoms. The van der Waals surface area contributed by atoms with Gasteiger partial charge in [0.1, 0.15) is 0 Å². The second-order valence-corrected chi connectivity index (χ2v) is 6.38. The minimum Gasteiger partial charge on any atom is -0.465 e. The number of aryl methyl sites for hydroxylation is 1. The van der Waals surface area contributed by atoms with Gasteiger partial charge in [-0.15, -0.1) is 0 Å². The summed E-state index contributed by atoms with van der Waals surface area (Å²) in [4.78, 5) is 24.1. The third kappa shape index (κ3) is 2.73. The van der Waals surface area contributed by atoms with Gasteiger partial charge in [-0.1, -0.05) is 6.07 Å². The fourth-order valence-electron chi connectivity index (χ4n) is 3.42. The molecule has 1 amide bonds. The van der Waals surface area contributed by atoms with E-state index in [-0.39, 0.29) is 17.2 Å². The van der Waals surface area contributed by atoms with Crippen molar-refractivity contribution in [2.24, 2.45) is 11.3 Å². The van der Waals surface area contributed by atoms with Crippen LogP contribution in [0.5, 0.6) is 0 Å². The maximum absolute atomic E-state index is 12.5. The van der Waals surface area contributed by atoms with E-state index in [0.29, 0.717) is 11.3 Å². The van der Waals surface area contributed by atoms with Crippen molar-refractivity contribution in [1.82, 2.24) is 5.32 Å². The average Bonchev–Trinajstić information content (AvgIpc) is 3.22. The summed E-state index contributed by atoms with van der Waals surface area (Å²) in [5.41, 5.74) is 2.31. The molecule has 1 heterocycles. The molecule has 118 valence electrons. The Labute approximate surface area is 130 Å². The lowest BCUT2D eigenvalue weighted by molar-refractivity contribution is -0.118. The molecule has 22 heavy (non-hydrogen) atoms. The van der Waals surface area contributed by atoms with Gasteiger partial charge in [0.05, 0.1) is 12.7 Å². The van der Waals surface area contributed by atoms with Gasteiger partial charge in [0, 0.05) is 11.6 Å². The van der Waals surface area contributed by atoms with E-state index in [9.17, 15) is 9.59 Å². The van der Waals surface area contributed by atoms with E-state index in [0.717, 1.165) is 37.9 Å². The summed E-state index contributed by atoms with van der Waals surface area (Å²) >= 11 is 0. The minimum atomic E-state index is -0.392. The first kappa shape index (κ1) is 15.0. The molecule has 2 fully saturated rings. The molecule has 1 aromatic rings. The molecule has 1 atom stereocenters. The van der Waals surface area contributed by atoms with Crippen LogP contribution in [0.4, 0.5) is 5.69 Å². The number of piperidine rings is 1. The Balaban J connectivity index is 1.70. The number of amides is 1. The Kier molecular flexibility index (Phi) is 3.91. The van der Waals surface area contributed by atoms with Gasteiger partial charge in [0.15, 0.2) is 0 Å². The standard InChI is InChI=1S/C17H22N2O3/c1-11-3-4-12(16(21)22-2)9-14(11)19-15(20)13-10-17(13)5-7-18-8-6-17/h3-4,9,13,18H,5-8,10H2,1-2H3,(H,19,20). The number of hydrogen-bond acceptors (Lipinski definition) is 4. The lowest BCUT2D eigenvalue weighted by Gasteiger charge is -2.23. The van der Waals surface area contributed by atoms with E-state index in [1.807, 2.05) is 13.0 Å². The third-order valence-corrected chi connectivity index (χ3v) is 5.02. The molecule has 3 rings (SSSR count). The van der Waals surface area contributed by atoms with Crippen molar-refractivity contribution in [2.75, 3.05) is 25.5 Å². The van der Waals surface area contributed by atoms with E-state index in [1.165, 1.54) is 7.11 Å². The summed E-state index contributed by atoms with van der Waals surface area (Å²) < 4.78 is 4.73. The SMILES string of the molecule is COC(=O)c1ccc(C)c(NC(=O)C2CC23CCNCC3)c1. The normalized spacial score (nSPS) is 22.2. The summed E-state index contributed by atoms with van der Waals surface area (Å²) in [6, 6.07) is 5.23. The number of esters is 1. The largest absolute Gasteiger partial charge is 0.465 e. The van der Waals surface area contributed by atoms with E-state index < -0.39 is 5.97 Å². The van der Waals surface area contributed by atoms with Gasteiger partial charge < -0.3 is 15.4 Å². The van der Waals surface area contributed by atoms with Crippen molar-refractivity contribution in [3.8, 4) is 0 Å². The predicted molar refractivity (Wildman–Crippen MR) is 83.8 cm³/mol. The maximum atomic E-state index is 12.5. The number of carbonyl (C=O) groups is 2. The number of nitrogens with one attached hydrogen (secondary N) is 2. The van der Waals surface area contributed by atoms with E-state index >= 15 is 0 Å². The van der Waals surface area contributed by atoms with Crippen LogP contribution in [0, 0.1) is 18.3 Å². The highest BCUT2D eigenvalue weighted by Gasteiger charge is 2.57. The molecule has 1 unspecified atom stereocenters. The Morgan fingerprint density at radius 3 is 2.73 bits per heavy atom. The Morgan fingerprint density at radius 2 is 2.05 bits per heavy atom. The quantitative estimate of drug-likeness (QED) is 0.839. The summed E-state index contributed by atoms with van der Waals surface area (Å²) in [6.45, 7) is 3.92. The minimum absolute atomic E-state index is 0.0759. The highest BCUT2D eigenvalue weighted by molar-refractivity contribution is 5.97. The molecule has 0 aromatic heterocycles. The van der Waals surface area contributed by atoms with Crippen LogP contribution >= 0.6 is 0 Å². The van der Waals surface area contributed by atoms with Crippen LogP contribution in [0.25, 0.3) is 0 Å². The zero-order valence-corrected chi connectivity index (χ0v) is 13.1. The van der Waals surface area contributed by atoms with Crippen molar-refractivity contribution >= 4 is 17.6 Å². The summed E-state index contributed by atoms with van der Waals surface area (Å²) in [6.07, 6.45) is 3.13. The van der Waals surface area contributed by atoms with Gasteiger partial charge >= 0.3 is 5.97 Å². The molecule has 1 spiro atoms. The molecular formula is C17H22N2O3. The number of hydrogen-bond donors (Lipinski definition) is 2. The van der Waals surface area contributed by atoms with Gasteiger partial charge in [-0.05, 0) is 62.4 Å². The predicted octanol–water partition coefficient (Wildman–Crippen LogP) is 2.11. The fourth-order valence-corrected chi connectivity index (χ4v) is 3.42. The van der Waals surface area contributed by atoms with Gasteiger partial charge in [0.2, 0.25) is 5.91 Å². The number of methoxy groups -OCH3 is 1. The molecule has 5 heteroatoms. The Morgan fingerprint density at radius 1 is 1.32 bits per heavy atom. The van der Waals surface area contributed by atoms with Crippen molar-refractivity contribution in [2.45, 2.75) is 26.2 Å². The van der Waals surface area contributed by atoms with Crippen LogP contribution in [0.15, 0.2) is 18.2 Å². The van der Waals surface area contributed by atoms with E-state index in [1.54, 1.807) is 12.1 Å². The van der Waals surface area contributed by atoms with Crippen LogP contribution in [0.1, 0.15) is 35.2 Å². The van der Waals surface area contributed by atoms with Crippen LogP contribution in [0.3, 0.4) is 0 Å². The number of ether oxygens (including phenoxy) is 1. The molecule has 2 N–H and O–H groups in total. The first-order chi connectivity index (χ1) is 10.6. The van der Waals surface area contributed by atoms with Gasteiger partial charge in [-0.3, -0.25) is 4.79 Å². The monoisotopic (exact) mass is 302 g/mol. The van der Waals surface area contributed by atoms with Gasteiger partial charge in [-0.25, -0.2) is 4.79 Å². The van der Waals surface area contributed by atoms with Crippen LogP contribution in [-0.4, -0.2) is 32.1 Å². The molecule has 1 aliphatic carbocycles. The summed E-state index contributed by atoms with van der Waals surface area (Å²) in [5.74, 6) is -0.209.